The molecule has 1 saturated heterocycles. The van der Waals surface area contributed by atoms with E-state index in [1.54, 1.807) is 0 Å². The summed E-state index contributed by atoms with van der Waals surface area (Å²) in [6.07, 6.45) is 1.98. The summed E-state index contributed by atoms with van der Waals surface area (Å²) in [5, 5.41) is 10.9. The lowest BCUT2D eigenvalue weighted by Crippen LogP contribution is -2.57. The van der Waals surface area contributed by atoms with Crippen LogP contribution < -0.4 is 4.74 Å². The molecule has 0 aromatic heterocycles. The first-order valence-corrected chi connectivity index (χ1v) is 7.63. The quantitative estimate of drug-likeness (QED) is 0.855. The van der Waals surface area contributed by atoms with Crippen LogP contribution in [0.1, 0.15) is 49.5 Å². The third-order valence-electron chi connectivity index (χ3n) is 4.94. The molecule has 2 aliphatic rings. The number of aliphatic hydroxyl groups excluding tert-OH is 1. The molecule has 110 valence electrons. The Hall–Kier alpha value is -1.06. The summed E-state index contributed by atoms with van der Waals surface area (Å²) in [5.74, 6) is 0.887. The predicted octanol–water partition coefficient (Wildman–Crippen LogP) is 2.97. The van der Waals surface area contributed by atoms with Gasteiger partial charge in [0.2, 0.25) is 0 Å². The lowest BCUT2D eigenvalue weighted by Gasteiger charge is -2.47. The minimum atomic E-state index is -0.467. The largest absolute Gasteiger partial charge is 0.485 e. The van der Waals surface area contributed by atoms with E-state index in [1.165, 1.54) is 18.4 Å². The molecule has 3 heteroatoms. The molecule has 3 rings (SSSR count). The number of hydrogen-bond acceptors (Lipinski definition) is 3. The highest BCUT2D eigenvalue weighted by Crippen LogP contribution is 2.45. The Bertz CT molecular complexity index is 518. The van der Waals surface area contributed by atoms with Crippen molar-refractivity contribution in [3.8, 4) is 5.75 Å². The van der Waals surface area contributed by atoms with Crippen molar-refractivity contribution in [2.24, 2.45) is 0 Å². The zero-order valence-electron chi connectivity index (χ0n) is 12.9. The molecule has 0 saturated carbocycles. The monoisotopic (exact) mass is 275 g/mol. The summed E-state index contributed by atoms with van der Waals surface area (Å²) >= 11 is 0. The molecule has 0 bridgehead atoms. The first kappa shape index (κ1) is 13.9. The average molecular weight is 275 g/mol. The van der Waals surface area contributed by atoms with E-state index in [0.29, 0.717) is 0 Å². The van der Waals surface area contributed by atoms with Crippen molar-refractivity contribution in [2.75, 3.05) is 13.1 Å². The number of benzene rings is 1. The number of aliphatic hydroxyl groups is 1. The second-order valence-corrected chi connectivity index (χ2v) is 6.76. The smallest absolute Gasteiger partial charge is 0.129 e. The SMILES string of the molecule is Cc1ccc2c(c1C)OC(C)(C)C(N1CCCC1)C2O. The van der Waals surface area contributed by atoms with Gasteiger partial charge in [0.1, 0.15) is 17.5 Å². The van der Waals surface area contributed by atoms with Gasteiger partial charge < -0.3 is 9.84 Å². The summed E-state index contributed by atoms with van der Waals surface area (Å²) in [5.41, 5.74) is 2.94. The topological polar surface area (TPSA) is 32.7 Å². The summed E-state index contributed by atoms with van der Waals surface area (Å²) in [6, 6.07) is 4.15. The fourth-order valence-electron chi connectivity index (χ4n) is 3.71. The molecule has 2 atom stereocenters. The molecular weight excluding hydrogens is 250 g/mol. The Kier molecular flexibility index (Phi) is 3.30. The third-order valence-corrected chi connectivity index (χ3v) is 4.94. The molecule has 1 aromatic rings. The van der Waals surface area contributed by atoms with Gasteiger partial charge in [-0.15, -0.1) is 0 Å². The van der Waals surface area contributed by atoms with E-state index in [9.17, 15) is 5.11 Å². The molecule has 0 amide bonds. The molecule has 1 N–H and O–H groups in total. The van der Waals surface area contributed by atoms with Crippen molar-refractivity contribution < 1.29 is 9.84 Å². The van der Waals surface area contributed by atoms with Crippen molar-refractivity contribution in [2.45, 2.75) is 58.3 Å². The Balaban J connectivity index is 2.05. The van der Waals surface area contributed by atoms with Crippen LogP contribution in [-0.2, 0) is 0 Å². The second-order valence-electron chi connectivity index (χ2n) is 6.76. The number of rotatable bonds is 1. The zero-order valence-corrected chi connectivity index (χ0v) is 12.9. The number of hydrogen-bond donors (Lipinski definition) is 1. The highest BCUT2D eigenvalue weighted by atomic mass is 16.5. The maximum atomic E-state index is 10.9. The van der Waals surface area contributed by atoms with Gasteiger partial charge in [0.05, 0.1) is 6.04 Å². The maximum Gasteiger partial charge on any atom is 0.129 e. The van der Waals surface area contributed by atoms with Crippen LogP contribution in [0.4, 0.5) is 0 Å². The van der Waals surface area contributed by atoms with Gasteiger partial charge in [-0.1, -0.05) is 12.1 Å². The van der Waals surface area contributed by atoms with Gasteiger partial charge >= 0.3 is 0 Å². The van der Waals surface area contributed by atoms with Gasteiger partial charge in [0.25, 0.3) is 0 Å². The number of fused-ring (bicyclic) bond motifs is 1. The van der Waals surface area contributed by atoms with Crippen LogP contribution in [-0.4, -0.2) is 34.7 Å². The van der Waals surface area contributed by atoms with Crippen molar-refractivity contribution in [1.29, 1.82) is 0 Å². The van der Waals surface area contributed by atoms with E-state index in [2.05, 4.69) is 38.7 Å². The minimum absolute atomic E-state index is 0.0413. The number of ether oxygens (including phenoxy) is 1. The van der Waals surface area contributed by atoms with Gasteiger partial charge in [-0.3, -0.25) is 4.90 Å². The predicted molar refractivity (Wildman–Crippen MR) is 80.2 cm³/mol. The standard InChI is InChI=1S/C17H25NO2/c1-11-7-8-13-14(19)16(18-9-5-6-10-18)17(3,4)20-15(13)12(11)2/h7-8,14,16,19H,5-6,9-10H2,1-4H3. The lowest BCUT2D eigenvalue weighted by atomic mass is 9.83. The van der Waals surface area contributed by atoms with Gasteiger partial charge in [-0.05, 0) is 64.8 Å². The minimum Gasteiger partial charge on any atom is -0.485 e. The molecule has 2 heterocycles. The van der Waals surface area contributed by atoms with Crippen molar-refractivity contribution in [3.05, 3.63) is 28.8 Å². The molecule has 1 aromatic carbocycles. The van der Waals surface area contributed by atoms with E-state index < -0.39 is 6.10 Å². The molecule has 1 fully saturated rings. The van der Waals surface area contributed by atoms with Crippen molar-refractivity contribution >= 4 is 0 Å². The van der Waals surface area contributed by atoms with Gasteiger partial charge in [-0.2, -0.15) is 0 Å². The van der Waals surface area contributed by atoms with Crippen molar-refractivity contribution in [3.63, 3.8) is 0 Å². The van der Waals surface area contributed by atoms with E-state index in [-0.39, 0.29) is 11.6 Å². The Morgan fingerprint density at radius 2 is 1.85 bits per heavy atom. The van der Waals surface area contributed by atoms with Crippen LogP contribution >= 0.6 is 0 Å². The molecule has 20 heavy (non-hydrogen) atoms. The van der Waals surface area contributed by atoms with E-state index in [1.807, 2.05) is 6.07 Å². The second kappa shape index (κ2) is 4.74. The molecular formula is C17H25NO2. The van der Waals surface area contributed by atoms with Gasteiger partial charge in [0.15, 0.2) is 0 Å². The molecule has 0 spiro atoms. The molecule has 2 aliphatic heterocycles. The number of aryl methyl sites for hydroxylation is 1. The maximum absolute atomic E-state index is 10.9. The first-order chi connectivity index (χ1) is 9.42. The normalized spacial score (nSPS) is 29.1. The van der Waals surface area contributed by atoms with Crippen LogP contribution in [0.3, 0.4) is 0 Å². The van der Waals surface area contributed by atoms with Gasteiger partial charge in [-0.25, -0.2) is 0 Å². The van der Waals surface area contributed by atoms with Crippen molar-refractivity contribution in [1.82, 2.24) is 4.90 Å². The number of nitrogens with zero attached hydrogens (tertiary/aromatic N) is 1. The Labute approximate surface area is 121 Å². The number of likely N-dealkylation sites (tertiary alicyclic amines) is 1. The fraction of sp³-hybridized carbons (Fsp3) is 0.647. The highest BCUT2D eigenvalue weighted by Gasteiger charge is 2.47. The zero-order chi connectivity index (χ0) is 14.5. The molecule has 3 nitrogen and oxygen atoms in total. The van der Waals surface area contributed by atoms with Gasteiger partial charge in [0, 0.05) is 5.56 Å². The summed E-state index contributed by atoms with van der Waals surface area (Å²) < 4.78 is 6.32. The highest BCUT2D eigenvalue weighted by molar-refractivity contribution is 5.49. The van der Waals surface area contributed by atoms with E-state index in [0.717, 1.165) is 30.0 Å². The Morgan fingerprint density at radius 1 is 1.20 bits per heavy atom. The van der Waals surface area contributed by atoms with Crippen LogP contribution in [0.5, 0.6) is 5.75 Å². The summed E-state index contributed by atoms with van der Waals surface area (Å²) in [7, 11) is 0. The van der Waals surface area contributed by atoms with Crippen LogP contribution in [0.15, 0.2) is 12.1 Å². The van der Waals surface area contributed by atoms with Crippen LogP contribution in [0.25, 0.3) is 0 Å². The van der Waals surface area contributed by atoms with E-state index in [4.69, 9.17) is 4.74 Å². The molecule has 0 radical (unpaired) electrons. The van der Waals surface area contributed by atoms with Crippen LogP contribution in [0, 0.1) is 13.8 Å². The Morgan fingerprint density at radius 3 is 2.50 bits per heavy atom. The summed E-state index contributed by atoms with van der Waals surface area (Å²) in [4.78, 5) is 2.39. The third kappa shape index (κ3) is 2.04. The lowest BCUT2D eigenvalue weighted by molar-refractivity contribution is -0.0761. The molecule has 2 unspecified atom stereocenters. The summed E-state index contributed by atoms with van der Waals surface area (Å²) in [6.45, 7) is 10.5. The molecule has 0 aliphatic carbocycles. The first-order valence-electron chi connectivity index (χ1n) is 7.63. The van der Waals surface area contributed by atoms with E-state index >= 15 is 0 Å². The van der Waals surface area contributed by atoms with Crippen LogP contribution in [0.2, 0.25) is 0 Å². The average Bonchev–Trinajstić information content (AvgIpc) is 2.87. The fourth-order valence-corrected chi connectivity index (χ4v) is 3.71.